The standard InChI is InChI=1S/C14H23NO2/c16-14(17)12-10-5-6-11(7-10)13(12)15-8-9-3-1-2-4-9/h9-13,15H,1-8H2,(H,16,17). The molecule has 4 unspecified atom stereocenters. The van der Waals surface area contributed by atoms with E-state index in [-0.39, 0.29) is 12.0 Å². The SMILES string of the molecule is O=C(O)C1C2CCC(C2)C1NCC1CCCC1. The summed E-state index contributed by atoms with van der Waals surface area (Å²) in [5.74, 6) is 1.24. The van der Waals surface area contributed by atoms with E-state index >= 15 is 0 Å². The number of aliphatic carboxylic acids is 1. The molecule has 4 atom stereocenters. The molecule has 3 saturated carbocycles. The van der Waals surface area contributed by atoms with E-state index in [9.17, 15) is 9.90 Å². The molecule has 3 fully saturated rings. The van der Waals surface area contributed by atoms with Gasteiger partial charge in [-0.1, -0.05) is 12.8 Å². The van der Waals surface area contributed by atoms with Gasteiger partial charge in [-0.3, -0.25) is 4.79 Å². The van der Waals surface area contributed by atoms with E-state index in [1.807, 2.05) is 0 Å². The summed E-state index contributed by atoms with van der Waals surface area (Å²) in [6.45, 7) is 1.05. The van der Waals surface area contributed by atoms with Crippen LogP contribution >= 0.6 is 0 Å². The van der Waals surface area contributed by atoms with E-state index in [1.165, 1.54) is 32.1 Å². The molecule has 0 spiro atoms. The van der Waals surface area contributed by atoms with E-state index in [1.54, 1.807) is 0 Å². The predicted molar refractivity (Wildman–Crippen MR) is 65.7 cm³/mol. The third kappa shape index (κ3) is 2.10. The molecule has 0 aromatic heterocycles. The fourth-order valence-corrected chi connectivity index (χ4v) is 4.46. The van der Waals surface area contributed by atoms with Crippen molar-refractivity contribution in [1.82, 2.24) is 5.32 Å². The molecular weight excluding hydrogens is 214 g/mol. The summed E-state index contributed by atoms with van der Waals surface area (Å²) in [4.78, 5) is 11.4. The van der Waals surface area contributed by atoms with Crippen molar-refractivity contribution in [2.45, 2.75) is 51.0 Å². The molecule has 0 aromatic carbocycles. The van der Waals surface area contributed by atoms with Crippen LogP contribution in [0.3, 0.4) is 0 Å². The lowest BCUT2D eigenvalue weighted by molar-refractivity contribution is -0.144. The highest BCUT2D eigenvalue weighted by atomic mass is 16.4. The fraction of sp³-hybridized carbons (Fsp3) is 0.929. The first-order valence-electron chi connectivity index (χ1n) is 7.22. The lowest BCUT2D eigenvalue weighted by atomic mass is 9.84. The smallest absolute Gasteiger partial charge is 0.308 e. The van der Waals surface area contributed by atoms with Crippen LogP contribution in [-0.4, -0.2) is 23.7 Å². The quantitative estimate of drug-likeness (QED) is 0.788. The second kappa shape index (κ2) is 4.60. The summed E-state index contributed by atoms with van der Waals surface area (Å²) in [5, 5.41) is 13.0. The summed E-state index contributed by atoms with van der Waals surface area (Å²) in [6, 6.07) is 0.270. The molecule has 96 valence electrons. The number of fused-ring (bicyclic) bond motifs is 2. The molecular formula is C14H23NO2. The van der Waals surface area contributed by atoms with Gasteiger partial charge >= 0.3 is 5.97 Å². The minimum atomic E-state index is -0.568. The van der Waals surface area contributed by atoms with Gasteiger partial charge in [0.15, 0.2) is 0 Å². The molecule has 3 rings (SSSR count). The number of carboxylic acid groups (broad SMARTS) is 1. The first kappa shape index (κ1) is 11.5. The second-order valence-corrected chi connectivity index (χ2v) is 6.28. The molecule has 2 bridgehead atoms. The number of carboxylic acids is 1. The van der Waals surface area contributed by atoms with Gasteiger partial charge in [-0.05, 0) is 56.4 Å². The van der Waals surface area contributed by atoms with Crippen LogP contribution in [0.25, 0.3) is 0 Å². The molecule has 3 aliphatic rings. The monoisotopic (exact) mass is 237 g/mol. The van der Waals surface area contributed by atoms with Gasteiger partial charge < -0.3 is 10.4 Å². The molecule has 0 saturated heterocycles. The largest absolute Gasteiger partial charge is 0.481 e. The van der Waals surface area contributed by atoms with Gasteiger partial charge in [0.25, 0.3) is 0 Å². The van der Waals surface area contributed by atoms with E-state index in [0.29, 0.717) is 11.8 Å². The number of rotatable bonds is 4. The predicted octanol–water partition coefficient (Wildman–Crippen LogP) is 2.27. The van der Waals surface area contributed by atoms with Crippen molar-refractivity contribution >= 4 is 5.97 Å². The van der Waals surface area contributed by atoms with Crippen molar-refractivity contribution in [3.05, 3.63) is 0 Å². The third-order valence-corrected chi connectivity index (χ3v) is 5.32. The number of nitrogens with one attached hydrogen (secondary N) is 1. The Morgan fingerprint density at radius 1 is 1.12 bits per heavy atom. The van der Waals surface area contributed by atoms with Gasteiger partial charge in [-0.25, -0.2) is 0 Å². The number of hydrogen-bond acceptors (Lipinski definition) is 2. The van der Waals surface area contributed by atoms with Crippen molar-refractivity contribution in [3.8, 4) is 0 Å². The van der Waals surface area contributed by atoms with Gasteiger partial charge in [0, 0.05) is 6.04 Å². The molecule has 0 radical (unpaired) electrons. The third-order valence-electron chi connectivity index (χ3n) is 5.32. The molecule has 17 heavy (non-hydrogen) atoms. The summed E-state index contributed by atoms with van der Waals surface area (Å²) in [6.07, 6.45) is 8.95. The zero-order valence-corrected chi connectivity index (χ0v) is 10.4. The number of hydrogen-bond donors (Lipinski definition) is 2. The highest BCUT2D eigenvalue weighted by Gasteiger charge is 2.50. The highest BCUT2D eigenvalue weighted by Crippen LogP contribution is 2.48. The van der Waals surface area contributed by atoms with Crippen LogP contribution in [0.15, 0.2) is 0 Å². The molecule has 3 heteroatoms. The average molecular weight is 237 g/mol. The average Bonchev–Trinajstić information content (AvgIpc) is 3.01. The molecule has 3 aliphatic carbocycles. The Kier molecular flexibility index (Phi) is 3.12. The Bertz CT molecular complexity index is 299. The van der Waals surface area contributed by atoms with Crippen molar-refractivity contribution in [2.75, 3.05) is 6.54 Å². The Morgan fingerprint density at radius 2 is 1.82 bits per heavy atom. The summed E-state index contributed by atoms with van der Waals surface area (Å²) < 4.78 is 0. The van der Waals surface area contributed by atoms with Crippen LogP contribution in [0.2, 0.25) is 0 Å². The van der Waals surface area contributed by atoms with Crippen LogP contribution < -0.4 is 5.32 Å². The van der Waals surface area contributed by atoms with Gasteiger partial charge in [0.1, 0.15) is 0 Å². The van der Waals surface area contributed by atoms with Crippen LogP contribution in [0.5, 0.6) is 0 Å². The van der Waals surface area contributed by atoms with E-state index < -0.39 is 5.97 Å². The topological polar surface area (TPSA) is 49.3 Å². The zero-order chi connectivity index (χ0) is 11.8. The van der Waals surface area contributed by atoms with Crippen LogP contribution in [0.1, 0.15) is 44.9 Å². The molecule has 0 aromatic rings. The van der Waals surface area contributed by atoms with Crippen molar-refractivity contribution in [1.29, 1.82) is 0 Å². The Balaban J connectivity index is 1.59. The highest BCUT2D eigenvalue weighted by molar-refractivity contribution is 5.72. The first-order valence-corrected chi connectivity index (χ1v) is 7.22. The summed E-state index contributed by atoms with van der Waals surface area (Å²) >= 11 is 0. The minimum Gasteiger partial charge on any atom is -0.481 e. The van der Waals surface area contributed by atoms with Crippen molar-refractivity contribution in [3.63, 3.8) is 0 Å². The number of carbonyl (C=O) groups is 1. The zero-order valence-electron chi connectivity index (χ0n) is 10.4. The Hall–Kier alpha value is -0.570. The Labute approximate surface area is 103 Å². The summed E-state index contributed by atoms with van der Waals surface area (Å²) in [5.41, 5.74) is 0. The maximum absolute atomic E-state index is 11.4. The van der Waals surface area contributed by atoms with Crippen LogP contribution in [-0.2, 0) is 4.79 Å². The molecule has 2 N–H and O–H groups in total. The van der Waals surface area contributed by atoms with E-state index in [2.05, 4.69) is 5.32 Å². The van der Waals surface area contributed by atoms with Gasteiger partial charge in [-0.2, -0.15) is 0 Å². The molecule has 0 aliphatic heterocycles. The normalized spacial score (nSPS) is 41.2. The molecule has 0 heterocycles. The first-order chi connectivity index (χ1) is 8.25. The van der Waals surface area contributed by atoms with Crippen LogP contribution in [0, 0.1) is 23.7 Å². The summed E-state index contributed by atoms with van der Waals surface area (Å²) in [7, 11) is 0. The minimum absolute atomic E-state index is 0.102. The van der Waals surface area contributed by atoms with E-state index in [0.717, 1.165) is 25.3 Å². The lowest BCUT2D eigenvalue weighted by Gasteiger charge is -2.30. The van der Waals surface area contributed by atoms with E-state index in [4.69, 9.17) is 0 Å². The van der Waals surface area contributed by atoms with Gasteiger partial charge in [0.05, 0.1) is 5.92 Å². The lowest BCUT2D eigenvalue weighted by Crippen LogP contribution is -2.45. The van der Waals surface area contributed by atoms with Crippen molar-refractivity contribution in [2.24, 2.45) is 23.7 Å². The maximum atomic E-state index is 11.4. The van der Waals surface area contributed by atoms with Crippen molar-refractivity contribution < 1.29 is 9.90 Å². The second-order valence-electron chi connectivity index (χ2n) is 6.28. The van der Waals surface area contributed by atoms with Crippen LogP contribution in [0.4, 0.5) is 0 Å². The van der Waals surface area contributed by atoms with Gasteiger partial charge in [0.2, 0.25) is 0 Å². The Morgan fingerprint density at radius 3 is 2.53 bits per heavy atom. The molecule has 3 nitrogen and oxygen atoms in total. The fourth-order valence-electron chi connectivity index (χ4n) is 4.46. The van der Waals surface area contributed by atoms with Gasteiger partial charge in [-0.15, -0.1) is 0 Å². The molecule has 0 amide bonds. The maximum Gasteiger partial charge on any atom is 0.308 e.